The molecular weight excluding hydrogens is 585 g/mol. The number of benzene rings is 6. The molecule has 48 heavy (non-hydrogen) atoms. The molecule has 0 radical (unpaired) electrons. The third kappa shape index (κ3) is 4.03. The van der Waals surface area contributed by atoms with Gasteiger partial charge in [-0.15, -0.1) is 0 Å². The number of fused-ring (bicyclic) bond motifs is 8. The molecule has 0 N–H and O–H groups in total. The van der Waals surface area contributed by atoms with Crippen LogP contribution in [0.4, 0.5) is 0 Å². The van der Waals surface area contributed by atoms with Gasteiger partial charge in [-0.05, 0) is 76.9 Å². The molecule has 0 aliphatic heterocycles. The molecular formula is C44H28N4. The molecule has 224 valence electrons. The summed E-state index contributed by atoms with van der Waals surface area (Å²) < 4.78 is 4.68. The Morgan fingerprint density at radius 3 is 1.88 bits per heavy atom. The Bertz CT molecular complexity index is 2810. The van der Waals surface area contributed by atoms with E-state index in [1.165, 1.54) is 43.8 Å². The molecule has 0 amide bonds. The summed E-state index contributed by atoms with van der Waals surface area (Å²) in [5.74, 6) is 0. The Hall–Kier alpha value is -6.52. The topological polar surface area (TPSA) is 35.6 Å². The Morgan fingerprint density at radius 2 is 1.02 bits per heavy atom. The van der Waals surface area contributed by atoms with Crippen LogP contribution in [0.25, 0.3) is 88.1 Å². The van der Waals surface area contributed by atoms with E-state index in [0.29, 0.717) is 0 Å². The summed E-state index contributed by atoms with van der Waals surface area (Å²) in [4.78, 5) is 9.38. The van der Waals surface area contributed by atoms with Crippen LogP contribution in [0.15, 0.2) is 170 Å². The van der Waals surface area contributed by atoms with Crippen molar-refractivity contribution in [3.8, 4) is 33.6 Å². The second-order valence-electron chi connectivity index (χ2n) is 12.3. The molecule has 0 saturated carbocycles. The molecule has 10 aromatic rings. The van der Waals surface area contributed by atoms with Gasteiger partial charge in [-0.3, -0.25) is 9.97 Å². The van der Waals surface area contributed by atoms with Gasteiger partial charge in [-0.25, -0.2) is 0 Å². The van der Waals surface area contributed by atoms with Crippen molar-refractivity contribution in [3.05, 3.63) is 170 Å². The molecule has 0 atom stereocenters. The molecule has 0 saturated heterocycles. The lowest BCUT2D eigenvalue weighted by Gasteiger charge is -2.10. The Balaban J connectivity index is 1.20. The van der Waals surface area contributed by atoms with Crippen LogP contribution in [0.2, 0.25) is 0 Å². The first-order valence-electron chi connectivity index (χ1n) is 16.2. The molecule has 0 aliphatic carbocycles. The summed E-state index contributed by atoms with van der Waals surface area (Å²) in [6.07, 6.45) is 5.87. The van der Waals surface area contributed by atoms with Crippen molar-refractivity contribution in [3.63, 3.8) is 0 Å². The van der Waals surface area contributed by atoms with Gasteiger partial charge in [0.05, 0.1) is 40.0 Å². The molecule has 4 nitrogen and oxygen atoms in total. The van der Waals surface area contributed by atoms with E-state index < -0.39 is 0 Å². The van der Waals surface area contributed by atoms with Gasteiger partial charge in [0.25, 0.3) is 0 Å². The summed E-state index contributed by atoms with van der Waals surface area (Å²) >= 11 is 0. The Kier molecular flexibility index (Phi) is 5.84. The van der Waals surface area contributed by atoms with Crippen molar-refractivity contribution >= 4 is 54.5 Å². The van der Waals surface area contributed by atoms with E-state index in [1.54, 1.807) is 0 Å². The van der Waals surface area contributed by atoms with Crippen LogP contribution in [0.1, 0.15) is 0 Å². The number of nitrogens with zero attached hydrogens (tertiary/aromatic N) is 4. The average molecular weight is 613 g/mol. The van der Waals surface area contributed by atoms with Crippen molar-refractivity contribution in [2.75, 3.05) is 0 Å². The minimum Gasteiger partial charge on any atom is -0.308 e. The van der Waals surface area contributed by atoms with E-state index in [4.69, 9.17) is 4.98 Å². The van der Waals surface area contributed by atoms with E-state index >= 15 is 0 Å². The van der Waals surface area contributed by atoms with Gasteiger partial charge in [-0.1, -0.05) is 97.1 Å². The van der Waals surface area contributed by atoms with E-state index in [9.17, 15) is 0 Å². The van der Waals surface area contributed by atoms with Crippen LogP contribution in [0.5, 0.6) is 0 Å². The molecule has 4 aromatic heterocycles. The van der Waals surface area contributed by atoms with Gasteiger partial charge in [-0.2, -0.15) is 0 Å². The van der Waals surface area contributed by atoms with Crippen LogP contribution in [-0.4, -0.2) is 19.1 Å². The lowest BCUT2D eigenvalue weighted by atomic mass is 10.0. The van der Waals surface area contributed by atoms with Gasteiger partial charge in [0.2, 0.25) is 0 Å². The summed E-state index contributed by atoms with van der Waals surface area (Å²) in [6, 6.07) is 54.2. The fourth-order valence-electron chi connectivity index (χ4n) is 7.44. The maximum atomic E-state index is 4.90. The van der Waals surface area contributed by atoms with E-state index in [1.807, 2.05) is 18.6 Å². The number of hydrogen-bond donors (Lipinski definition) is 0. The van der Waals surface area contributed by atoms with Crippen molar-refractivity contribution in [2.24, 2.45) is 0 Å². The lowest BCUT2D eigenvalue weighted by Crippen LogP contribution is -1.94. The zero-order valence-electron chi connectivity index (χ0n) is 26.0. The SMILES string of the molecule is c1ccc(-c2ccc(-n3c4ccc(-c5ccc6c7ccncc7n(-c7ccccc7)c6c5)cc4c4c5ccccc5ncc43)cc2)cc1. The maximum absolute atomic E-state index is 4.90. The Morgan fingerprint density at radius 1 is 0.375 bits per heavy atom. The van der Waals surface area contributed by atoms with Gasteiger partial charge in [0, 0.05) is 44.5 Å². The highest BCUT2D eigenvalue weighted by molar-refractivity contribution is 6.21. The molecule has 0 bridgehead atoms. The van der Waals surface area contributed by atoms with E-state index in [0.717, 1.165) is 44.3 Å². The fraction of sp³-hybridized carbons (Fsp3) is 0. The fourth-order valence-corrected chi connectivity index (χ4v) is 7.44. The first-order valence-corrected chi connectivity index (χ1v) is 16.2. The lowest BCUT2D eigenvalue weighted by molar-refractivity contribution is 1.17. The second-order valence-corrected chi connectivity index (χ2v) is 12.3. The van der Waals surface area contributed by atoms with E-state index in [-0.39, 0.29) is 0 Å². The molecule has 4 heterocycles. The molecule has 0 spiro atoms. The van der Waals surface area contributed by atoms with Crippen molar-refractivity contribution < 1.29 is 0 Å². The van der Waals surface area contributed by atoms with Gasteiger partial charge < -0.3 is 9.13 Å². The summed E-state index contributed by atoms with van der Waals surface area (Å²) in [6.45, 7) is 0. The smallest absolute Gasteiger partial charge is 0.0730 e. The molecule has 0 unspecified atom stereocenters. The summed E-state index contributed by atoms with van der Waals surface area (Å²) in [5.41, 5.74) is 12.5. The predicted molar refractivity (Wildman–Crippen MR) is 199 cm³/mol. The monoisotopic (exact) mass is 612 g/mol. The van der Waals surface area contributed by atoms with E-state index in [2.05, 4.69) is 166 Å². The highest BCUT2D eigenvalue weighted by Gasteiger charge is 2.18. The number of hydrogen-bond acceptors (Lipinski definition) is 2. The molecule has 6 aromatic carbocycles. The minimum absolute atomic E-state index is 0.997. The zero-order valence-corrected chi connectivity index (χ0v) is 26.0. The number of para-hydroxylation sites is 2. The third-order valence-electron chi connectivity index (χ3n) is 9.65. The number of rotatable bonds is 4. The highest BCUT2D eigenvalue weighted by atomic mass is 15.0. The molecule has 4 heteroatoms. The van der Waals surface area contributed by atoms with Gasteiger partial charge >= 0.3 is 0 Å². The first kappa shape index (κ1) is 26.7. The quantitative estimate of drug-likeness (QED) is 0.198. The summed E-state index contributed by atoms with van der Waals surface area (Å²) in [7, 11) is 0. The Labute approximate surface area is 276 Å². The maximum Gasteiger partial charge on any atom is 0.0730 e. The minimum atomic E-state index is 0.997. The highest BCUT2D eigenvalue weighted by Crippen LogP contribution is 2.40. The second kappa shape index (κ2) is 10.5. The van der Waals surface area contributed by atoms with Crippen LogP contribution in [0.3, 0.4) is 0 Å². The average Bonchev–Trinajstić information content (AvgIpc) is 3.68. The van der Waals surface area contributed by atoms with Gasteiger partial charge in [0.15, 0.2) is 0 Å². The molecule has 10 rings (SSSR count). The number of aromatic nitrogens is 4. The molecule has 0 aliphatic rings. The summed E-state index contributed by atoms with van der Waals surface area (Å²) in [5, 5.41) is 6.00. The normalized spacial score (nSPS) is 11.8. The van der Waals surface area contributed by atoms with Crippen LogP contribution >= 0.6 is 0 Å². The van der Waals surface area contributed by atoms with Crippen LogP contribution in [0, 0.1) is 0 Å². The van der Waals surface area contributed by atoms with Crippen molar-refractivity contribution in [2.45, 2.75) is 0 Å². The predicted octanol–water partition coefficient (Wildman–Crippen LogP) is 11.2. The zero-order chi connectivity index (χ0) is 31.6. The van der Waals surface area contributed by atoms with Crippen molar-refractivity contribution in [1.29, 1.82) is 0 Å². The van der Waals surface area contributed by atoms with Crippen molar-refractivity contribution in [1.82, 2.24) is 19.1 Å². The van der Waals surface area contributed by atoms with Gasteiger partial charge in [0.1, 0.15) is 0 Å². The van der Waals surface area contributed by atoms with Crippen LogP contribution < -0.4 is 0 Å². The largest absolute Gasteiger partial charge is 0.308 e. The standard InChI is InChI=1S/C44H28N4/c1-3-9-29(10-4-1)30-15-19-34(20-16-30)47-40-22-18-31(25-38(40)44-37-13-7-8-14-39(37)46-28-43(44)47)32-17-21-35-36-23-24-45-27-42(36)48(41(35)26-32)33-11-5-2-6-12-33/h1-28H. The molecule has 0 fully saturated rings. The van der Waals surface area contributed by atoms with Crippen LogP contribution in [-0.2, 0) is 0 Å². The first-order chi connectivity index (χ1) is 23.8. The number of pyridine rings is 2. The third-order valence-corrected chi connectivity index (χ3v) is 9.65.